The van der Waals surface area contributed by atoms with E-state index in [9.17, 15) is 9.59 Å². The van der Waals surface area contributed by atoms with Crippen LogP contribution in [0.1, 0.15) is 15.9 Å². The number of carbonyl (C=O) groups excluding carboxylic acids is 2. The smallest absolute Gasteiger partial charge is 0.331 e. The number of benzene rings is 2. The van der Waals surface area contributed by atoms with Gasteiger partial charge in [-0.25, -0.2) is 4.79 Å². The highest BCUT2D eigenvalue weighted by Gasteiger charge is 2.14. The molecule has 0 spiro atoms. The Morgan fingerprint density at radius 1 is 1.12 bits per heavy atom. The van der Waals surface area contributed by atoms with Gasteiger partial charge in [0.2, 0.25) is 12.6 Å². The van der Waals surface area contributed by atoms with Gasteiger partial charge in [-0.15, -0.1) is 0 Å². The van der Waals surface area contributed by atoms with E-state index in [1.807, 2.05) is 24.3 Å². The summed E-state index contributed by atoms with van der Waals surface area (Å²) in [4.78, 5) is 27.2. The number of ether oxygens (including phenoxy) is 3. The van der Waals surface area contributed by atoms with Gasteiger partial charge in [0.05, 0.1) is 0 Å². The molecule has 1 N–H and O–H groups in total. The zero-order valence-electron chi connectivity index (χ0n) is 13.7. The van der Waals surface area contributed by atoms with Gasteiger partial charge in [-0.1, -0.05) is 24.3 Å². The van der Waals surface area contributed by atoms with Gasteiger partial charge in [0, 0.05) is 28.7 Å². The first-order chi connectivity index (χ1) is 12.7. The van der Waals surface area contributed by atoms with Gasteiger partial charge in [0.1, 0.15) is 0 Å². The van der Waals surface area contributed by atoms with Crippen LogP contribution in [-0.4, -0.2) is 30.1 Å². The SMILES string of the molecule is O=C(C=Cc1ccc2c(c1)OCO2)OCC(=O)c1c[nH]c2ccccc12. The fraction of sp³-hybridized carbons (Fsp3) is 0.100. The number of hydrogen-bond donors (Lipinski definition) is 1. The van der Waals surface area contributed by atoms with Crippen LogP contribution in [0.15, 0.2) is 54.7 Å². The first-order valence-electron chi connectivity index (χ1n) is 8.04. The van der Waals surface area contributed by atoms with Crippen LogP contribution in [0.25, 0.3) is 17.0 Å². The monoisotopic (exact) mass is 349 g/mol. The summed E-state index contributed by atoms with van der Waals surface area (Å²) in [6.07, 6.45) is 4.50. The van der Waals surface area contributed by atoms with Crippen molar-refractivity contribution in [1.82, 2.24) is 4.98 Å². The van der Waals surface area contributed by atoms with Crippen molar-refractivity contribution in [2.45, 2.75) is 0 Å². The maximum Gasteiger partial charge on any atom is 0.331 e. The van der Waals surface area contributed by atoms with E-state index in [-0.39, 0.29) is 19.2 Å². The Balaban J connectivity index is 1.37. The maximum atomic E-state index is 12.3. The molecule has 0 saturated carbocycles. The summed E-state index contributed by atoms with van der Waals surface area (Å²) >= 11 is 0. The highest BCUT2D eigenvalue weighted by Crippen LogP contribution is 2.32. The van der Waals surface area contributed by atoms with Gasteiger partial charge in [-0.05, 0) is 29.8 Å². The topological polar surface area (TPSA) is 77.6 Å². The summed E-state index contributed by atoms with van der Waals surface area (Å²) < 4.78 is 15.6. The van der Waals surface area contributed by atoms with E-state index in [1.54, 1.807) is 30.5 Å². The molecule has 6 heteroatoms. The Kier molecular flexibility index (Phi) is 4.15. The number of fused-ring (bicyclic) bond motifs is 2. The van der Waals surface area contributed by atoms with Gasteiger partial charge < -0.3 is 19.2 Å². The Bertz CT molecular complexity index is 1020. The molecule has 4 rings (SSSR count). The number of Topliss-reactive ketones (excluding diaryl/α,β-unsaturated/α-hetero) is 1. The normalized spacial score (nSPS) is 12.6. The molecule has 3 aromatic rings. The van der Waals surface area contributed by atoms with Gasteiger partial charge in [0.15, 0.2) is 18.1 Å². The molecule has 0 radical (unpaired) electrons. The van der Waals surface area contributed by atoms with Crippen molar-refractivity contribution in [3.8, 4) is 11.5 Å². The van der Waals surface area contributed by atoms with Gasteiger partial charge >= 0.3 is 5.97 Å². The average Bonchev–Trinajstić information content (AvgIpc) is 3.30. The molecular formula is C20H15NO5. The number of para-hydroxylation sites is 1. The molecule has 0 unspecified atom stereocenters. The molecule has 6 nitrogen and oxygen atoms in total. The highest BCUT2D eigenvalue weighted by molar-refractivity contribution is 6.09. The molecule has 2 heterocycles. The second-order valence-electron chi connectivity index (χ2n) is 5.72. The van der Waals surface area contributed by atoms with Crippen molar-refractivity contribution in [3.05, 3.63) is 65.9 Å². The van der Waals surface area contributed by atoms with E-state index in [1.165, 1.54) is 6.08 Å². The molecule has 0 bridgehead atoms. The van der Waals surface area contributed by atoms with Crippen LogP contribution in [-0.2, 0) is 9.53 Å². The Morgan fingerprint density at radius 2 is 1.96 bits per heavy atom. The second-order valence-corrected chi connectivity index (χ2v) is 5.72. The molecular weight excluding hydrogens is 334 g/mol. The van der Waals surface area contributed by atoms with Crippen LogP contribution in [0.5, 0.6) is 11.5 Å². The average molecular weight is 349 g/mol. The number of hydrogen-bond acceptors (Lipinski definition) is 5. The fourth-order valence-corrected chi connectivity index (χ4v) is 2.75. The summed E-state index contributed by atoms with van der Waals surface area (Å²) in [6.45, 7) is -0.118. The molecule has 0 fully saturated rings. The zero-order chi connectivity index (χ0) is 17.9. The number of nitrogens with one attached hydrogen (secondary N) is 1. The lowest BCUT2D eigenvalue weighted by Crippen LogP contribution is -2.12. The maximum absolute atomic E-state index is 12.3. The molecule has 1 aromatic heterocycles. The van der Waals surface area contributed by atoms with Crippen LogP contribution in [0.2, 0.25) is 0 Å². The number of ketones is 1. The van der Waals surface area contributed by atoms with Crippen molar-refractivity contribution in [2.75, 3.05) is 13.4 Å². The highest BCUT2D eigenvalue weighted by atomic mass is 16.7. The zero-order valence-corrected chi connectivity index (χ0v) is 13.7. The van der Waals surface area contributed by atoms with E-state index in [2.05, 4.69) is 4.98 Å². The predicted molar refractivity (Wildman–Crippen MR) is 95.2 cm³/mol. The number of esters is 1. The molecule has 0 saturated heterocycles. The molecule has 0 atom stereocenters. The fourth-order valence-electron chi connectivity index (χ4n) is 2.75. The largest absolute Gasteiger partial charge is 0.454 e. The molecule has 0 amide bonds. The van der Waals surface area contributed by atoms with Crippen molar-refractivity contribution < 1.29 is 23.8 Å². The van der Waals surface area contributed by atoms with Crippen LogP contribution in [0.3, 0.4) is 0 Å². The molecule has 2 aromatic carbocycles. The lowest BCUT2D eigenvalue weighted by Gasteiger charge is -2.01. The Hall–Kier alpha value is -3.54. The van der Waals surface area contributed by atoms with Crippen molar-refractivity contribution in [1.29, 1.82) is 0 Å². The first-order valence-corrected chi connectivity index (χ1v) is 8.04. The molecule has 26 heavy (non-hydrogen) atoms. The number of H-pyrrole nitrogens is 1. The minimum absolute atomic E-state index is 0.195. The van der Waals surface area contributed by atoms with Crippen molar-refractivity contribution in [2.24, 2.45) is 0 Å². The van der Waals surface area contributed by atoms with Crippen molar-refractivity contribution >= 4 is 28.7 Å². The van der Waals surface area contributed by atoms with Gasteiger partial charge in [-0.2, -0.15) is 0 Å². The summed E-state index contributed by atoms with van der Waals surface area (Å²) in [5.41, 5.74) is 2.15. The van der Waals surface area contributed by atoms with Crippen LogP contribution in [0.4, 0.5) is 0 Å². The van der Waals surface area contributed by atoms with E-state index in [4.69, 9.17) is 14.2 Å². The lowest BCUT2D eigenvalue weighted by atomic mass is 10.1. The molecule has 130 valence electrons. The van der Waals surface area contributed by atoms with Crippen LogP contribution < -0.4 is 9.47 Å². The van der Waals surface area contributed by atoms with Crippen molar-refractivity contribution in [3.63, 3.8) is 0 Å². The van der Waals surface area contributed by atoms with E-state index in [0.717, 1.165) is 16.5 Å². The van der Waals surface area contributed by atoms with Crippen LogP contribution in [0, 0.1) is 0 Å². The Morgan fingerprint density at radius 3 is 2.88 bits per heavy atom. The molecule has 1 aliphatic rings. The molecule has 0 aliphatic carbocycles. The van der Waals surface area contributed by atoms with E-state index >= 15 is 0 Å². The third-order valence-corrected chi connectivity index (χ3v) is 4.04. The summed E-state index contributed by atoms with van der Waals surface area (Å²) in [6, 6.07) is 12.8. The number of rotatable bonds is 5. The lowest BCUT2D eigenvalue weighted by molar-refractivity contribution is -0.136. The van der Waals surface area contributed by atoms with Gasteiger partial charge in [0.25, 0.3) is 0 Å². The van der Waals surface area contributed by atoms with E-state index in [0.29, 0.717) is 17.1 Å². The second kappa shape index (κ2) is 6.76. The number of carbonyl (C=O) groups is 2. The minimum Gasteiger partial charge on any atom is -0.454 e. The summed E-state index contributed by atoms with van der Waals surface area (Å²) in [7, 11) is 0. The third-order valence-electron chi connectivity index (χ3n) is 4.04. The van der Waals surface area contributed by atoms with Crippen LogP contribution >= 0.6 is 0 Å². The van der Waals surface area contributed by atoms with Gasteiger partial charge in [-0.3, -0.25) is 4.79 Å². The standard InChI is InChI=1S/C20H15NO5/c22-17(15-10-21-16-4-2-1-3-14(15)16)11-24-20(23)8-6-13-5-7-18-19(9-13)26-12-25-18/h1-10,21H,11-12H2. The first kappa shape index (κ1) is 16.0. The summed E-state index contributed by atoms with van der Waals surface area (Å²) in [5.74, 6) is 0.465. The predicted octanol–water partition coefficient (Wildman–Crippen LogP) is 3.34. The summed E-state index contributed by atoms with van der Waals surface area (Å²) in [5, 5.41) is 0.810. The minimum atomic E-state index is -0.587. The molecule has 1 aliphatic heterocycles. The number of aromatic amines is 1. The van der Waals surface area contributed by atoms with E-state index < -0.39 is 5.97 Å². The third kappa shape index (κ3) is 3.17. The quantitative estimate of drug-likeness (QED) is 0.434. The number of aromatic nitrogens is 1. The Labute approximate surface area is 149 Å².